The number of nitrogens with zero attached hydrogens (tertiary/aromatic N) is 2. The number of rotatable bonds is 97. The number of carbonyl (C=O) groups excluding carboxylic acids is 2. The highest BCUT2D eigenvalue weighted by atomic mass is 79.9. The Kier molecular flexibility index (Phi) is 150. The van der Waals surface area contributed by atoms with E-state index in [1.807, 2.05) is 19.0 Å². The van der Waals surface area contributed by atoms with Gasteiger partial charge in [-0.1, -0.05) is 467 Å². The van der Waals surface area contributed by atoms with Crippen LogP contribution in [-0.2, 0) is 19.1 Å². The zero-order chi connectivity index (χ0) is 99.2. The third kappa shape index (κ3) is 158. The highest BCUT2D eigenvalue weighted by Crippen LogP contribution is 2.22. The fourth-order valence-corrected chi connectivity index (χ4v) is 15.9. The third-order valence-corrected chi connectivity index (χ3v) is 24.7. The molecular weight excluding hydrogens is 1740 g/mol. The van der Waals surface area contributed by atoms with Crippen molar-refractivity contribution in [1.82, 2.24) is 9.80 Å². The molecule has 0 spiro atoms. The average Bonchev–Trinajstić information content (AvgIpc) is 0.958. The zero-order valence-electron chi connectivity index (χ0n) is 92.2. The number of hydrogen-bond donors (Lipinski definition) is 2. The van der Waals surface area contributed by atoms with Gasteiger partial charge in [-0.2, -0.15) is 0 Å². The van der Waals surface area contributed by atoms with Crippen LogP contribution in [0.5, 0.6) is 0 Å². The van der Waals surface area contributed by atoms with Gasteiger partial charge in [-0.25, -0.2) is 0 Å². The van der Waals surface area contributed by atoms with Gasteiger partial charge in [0.15, 0.2) is 0 Å². The topological polar surface area (TPSA) is 107 Å². The Bertz CT molecular complexity index is 2420. The van der Waals surface area contributed by atoms with E-state index in [9.17, 15) is 14.7 Å². The van der Waals surface area contributed by atoms with E-state index in [4.69, 9.17) is 14.6 Å². The van der Waals surface area contributed by atoms with Crippen molar-refractivity contribution in [2.24, 2.45) is 0 Å². The van der Waals surface area contributed by atoms with Crippen molar-refractivity contribution in [1.29, 1.82) is 0 Å². The van der Waals surface area contributed by atoms with E-state index in [0.717, 1.165) is 96.4 Å². The summed E-state index contributed by atoms with van der Waals surface area (Å²) < 4.78 is 6.00. The molecule has 0 aromatic heterocycles. The molecule has 0 fully saturated rings. The molecule has 0 bridgehead atoms. The number of unbranched alkanes of at least 4 members (excludes halogenated alkanes) is 55. The second kappa shape index (κ2) is 141. The van der Waals surface area contributed by atoms with E-state index in [0.29, 0.717) is 6.42 Å². The normalized spacial score (nSPS) is 12.3. The number of ether oxygens (including phenoxy) is 1. The summed E-state index contributed by atoms with van der Waals surface area (Å²) in [6, 6.07) is 0. The van der Waals surface area contributed by atoms with Gasteiger partial charge < -0.3 is 29.5 Å². The largest absolute Gasteiger partial charge is 0.481 e. The molecule has 0 aromatic carbocycles. The highest BCUT2D eigenvalue weighted by molar-refractivity contribution is 9.09. The van der Waals surface area contributed by atoms with Crippen LogP contribution in [0.1, 0.15) is 575 Å². The van der Waals surface area contributed by atoms with Gasteiger partial charge in [0.2, 0.25) is 0 Å². The van der Waals surface area contributed by atoms with E-state index in [-0.39, 0.29) is 37.0 Å². The molecule has 2 unspecified atom stereocenters. The number of aldehydes is 1. The Labute approximate surface area is 859 Å². The molecule has 0 heterocycles. The van der Waals surface area contributed by atoms with Crippen molar-refractivity contribution in [2.45, 2.75) is 588 Å². The summed E-state index contributed by atoms with van der Waals surface area (Å²) in [5.74, 6) is -0.705. The van der Waals surface area contributed by atoms with Crippen molar-refractivity contribution >= 4 is 46.6 Å². The summed E-state index contributed by atoms with van der Waals surface area (Å²) in [4.78, 5) is 35.4. The van der Waals surface area contributed by atoms with Gasteiger partial charge in [0.05, 0.1) is 6.10 Å². The minimum absolute atomic E-state index is 0. The van der Waals surface area contributed by atoms with E-state index < -0.39 is 5.97 Å². The quantitative estimate of drug-likeness (QED) is 0.0204. The number of esters is 1. The Morgan fingerprint density at radius 1 is 0.259 bits per heavy atom. The number of allylic oxidation sites excluding steroid dienone is 24. The van der Waals surface area contributed by atoms with Gasteiger partial charge in [-0.15, -0.1) is 12.4 Å². The number of aliphatic hydroxyl groups is 1. The molecule has 794 valence electrons. The molecular formula is C125H234BrClN2O6. The molecule has 0 saturated carbocycles. The summed E-state index contributed by atoms with van der Waals surface area (Å²) in [6.07, 6.45) is 158. The van der Waals surface area contributed by atoms with Crippen molar-refractivity contribution in [3.05, 3.63) is 146 Å². The lowest BCUT2D eigenvalue weighted by atomic mass is 10.0. The van der Waals surface area contributed by atoms with Crippen LogP contribution in [-0.4, -0.2) is 97.1 Å². The number of carboxylic acid groups (broad SMARTS) is 1. The van der Waals surface area contributed by atoms with Crippen molar-refractivity contribution in [3.8, 4) is 0 Å². The molecule has 0 aliphatic heterocycles. The van der Waals surface area contributed by atoms with Crippen LogP contribution < -0.4 is 0 Å². The first kappa shape index (κ1) is 144. The molecule has 0 aliphatic carbocycles. The van der Waals surface area contributed by atoms with Crippen LogP contribution in [0.2, 0.25) is 0 Å². The lowest BCUT2D eigenvalue weighted by molar-refractivity contribution is -0.150. The minimum Gasteiger partial charge on any atom is -0.481 e. The Hall–Kier alpha value is -3.86. The molecule has 10 heteroatoms. The first-order chi connectivity index (χ1) is 65.8. The van der Waals surface area contributed by atoms with Crippen LogP contribution in [0.15, 0.2) is 146 Å². The molecule has 0 rings (SSSR count). The summed E-state index contributed by atoms with van der Waals surface area (Å²) in [6.45, 7) is 19.1. The Balaban J connectivity index is -0.000000327. The fourth-order valence-electron chi connectivity index (χ4n) is 15.5. The molecule has 0 aromatic rings. The van der Waals surface area contributed by atoms with E-state index in [1.165, 1.54) is 442 Å². The van der Waals surface area contributed by atoms with Crippen LogP contribution in [0.25, 0.3) is 0 Å². The number of carboxylic acids is 1. The molecule has 0 radical (unpaired) electrons. The summed E-state index contributed by atoms with van der Waals surface area (Å²) in [7, 11) is 7.99. The summed E-state index contributed by atoms with van der Waals surface area (Å²) in [5, 5.41) is 19.6. The Morgan fingerprint density at radius 2 is 0.430 bits per heavy atom. The molecule has 0 saturated heterocycles. The second-order valence-corrected chi connectivity index (χ2v) is 39.4. The predicted molar refractivity (Wildman–Crippen MR) is 617 cm³/mol. The van der Waals surface area contributed by atoms with E-state index >= 15 is 0 Å². The monoisotopic (exact) mass is 1970 g/mol. The van der Waals surface area contributed by atoms with Gasteiger partial charge in [-0.05, 0) is 299 Å². The van der Waals surface area contributed by atoms with Gasteiger partial charge in [0, 0.05) is 18.2 Å². The number of aliphatic hydroxyl groups excluding tert-OH is 1. The fraction of sp³-hybridized carbons (Fsp3) is 0.784. The van der Waals surface area contributed by atoms with E-state index in [1.54, 1.807) is 0 Å². The molecule has 8 nitrogen and oxygen atoms in total. The molecule has 2 atom stereocenters. The lowest BCUT2D eigenvalue weighted by Gasteiger charge is -2.18. The van der Waals surface area contributed by atoms with Crippen LogP contribution in [0, 0.1) is 0 Å². The number of alkyl halides is 1. The first-order valence-electron chi connectivity index (χ1n) is 57.9. The van der Waals surface area contributed by atoms with Gasteiger partial charge in [0.25, 0.3) is 0 Å². The van der Waals surface area contributed by atoms with Crippen LogP contribution in [0.4, 0.5) is 0 Å². The second-order valence-electron chi connectivity index (χ2n) is 38.6. The maximum atomic E-state index is 12.5. The predicted octanol–water partition coefficient (Wildman–Crippen LogP) is 41.8. The minimum atomic E-state index is -0.711. The standard InChI is InChI=1S/C43H79NO2.C37H68O.C19H36.C18H33Br.C6H13NO2.C2H4O.ClH/c1-5-7-9-11-13-15-17-19-21-23-25-27-29-31-33-35-38-42(46-43(45)40-37-41-44(3)4)39-36-34-32-30-28-26-24-22-20-18-16-14-12-10-8-6-2;1-3-5-7-9-11-13-15-17-19-21-23-25-27-29-31-33-35-37(38)36-34-32-30-28-26-24-22-20-18-16-14-12-10-8-6-4-2;1-3-5-7-9-11-13-15-17-19-18-16-14-12-10-8-6-4-2;1-2-3-4-5-6-7-8-9-10-11-12-13-14-15-16-17-18-19;1-7(2)5-3-4-6(8)9;1-2-3;/h13-16,19-22,42H,5-12,17-18,23-41H2,1-4H3;11-14,17-20,37-38H,3-10,15-16,21-36H2,1-2H3;11,13,17,19H,3-10,12,14-16,18H2,1-2H3;6-7,9-10H,2-5,8,11-18H2,1H3;3-5H2,1-2H3,(H,8,9);2H,1H3;1H/b15-13-,16-14+,21-19-,22-20+;13-11-,14-12+,19-17-,20-18+;13-11+,19-17+;7-6+,10-9+;;;. The highest BCUT2D eigenvalue weighted by Gasteiger charge is 2.15. The van der Waals surface area contributed by atoms with Crippen molar-refractivity contribution < 1.29 is 29.3 Å². The average molecular weight is 1980 g/mol. The van der Waals surface area contributed by atoms with Gasteiger partial charge >= 0.3 is 11.9 Å². The van der Waals surface area contributed by atoms with Gasteiger partial charge in [0.1, 0.15) is 12.4 Å². The summed E-state index contributed by atoms with van der Waals surface area (Å²) >= 11 is 3.48. The zero-order valence-corrected chi connectivity index (χ0v) is 94.6. The maximum Gasteiger partial charge on any atom is 0.306 e. The SMILES string of the molecule is CC=O.CCCCC/C=C/C/C=C/CCCCCCCCBr.CCCCC/C=C/C/C=C/CCCCCCCCC.CCCCC/C=C\C/C=C\CCCCCCCCC(CCCCCCCC/C=C/C/C=C/CCCCC)OC(=O)CCCN(C)C.CCCCC/C=C\C/C=C\CCCCCCCCC(O)CCCCCCCC/C=C/C/C=C/CCCCC.CN(C)CCCC(=O)O.Cl. The molecule has 0 aliphatic rings. The summed E-state index contributed by atoms with van der Waals surface area (Å²) in [5.41, 5.74) is 0. The van der Waals surface area contributed by atoms with Crippen LogP contribution >= 0.6 is 28.3 Å². The van der Waals surface area contributed by atoms with Crippen molar-refractivity contribution in [2.75, 3.05) is 46.6 Å². The molecule has 135 heavy (non-hydrogen) atoms. The van der Waals surface area contributed by atoms with Gasteiger partial charge in [-0.3, -0.25) is 9.59 Å². The number of aliphatic carboxylic acids is 1. The number of halogens is 2. The molecule has 0 amide bonds. The third-order valence-electron chi connectivity index (χ3n) is 24.1. The van der Waals surface area contributed by atoms with Crippen molar-refractivity contribution in [3.63, 3.8) is 0 Å². The Morgan fingerprint density at radius 3 is 0.630 bits per heavy atom. The number of carbonyl (C=O) groups is 3. The maximum absolute atomic E-state index is 12.5. The van der Waals surface area contributed by atoms with E-state index in [2.05, 4.69) is 229 Å². The number of hydrogen-bond acceptors (Lipinski definition) is 7. The van der Waals surface area contributed by atoms with Crippen LogP contribution in [0.3, 0.4) is 0 Å². The lowest BCUT2D eigenvalue weighted by Crippen LogP contribution is -2.20. The molecule has 2 N–H and O–H groups in total. The first-order valence-corrected chi connectivity index (χ1v) is 59.0. The smallest absolute Gasteiger partial charge is 0.306 e.